The molecule has 0 atom stereocenters. The van der Waals surface area contributed by atoms with Gasteiger partial charge in [-0.1, -0.05) is 13.8 Å². The third kappa shape index (κ3) is 2.51. The van der Waals surface area contributed by atoms with Gasteiger partial charge in [-0.05, 0) is 49.4 Å². The molecule has 0 saturated heterocycles. The highest BCUT2D eigenvalue weighted by molar-refractivity contribution is 4.98. The number of rotatable bonds is 2. The van der Waals surface area contributed by atoms with Crippen LogP contribution < -0.4 is 0 Å². The Labute approximate surface area is 91.4 Å². The summed E-state index contributed by atoms with van der Waals surface area (Å²) in [4.78, 5) is 0. The van der Waals surface area contributed by atoms with Crippen LogP contribution >= 0.6 is 0 Å². The molecule has 88 valence electrons. The smallest absolute Gasteiger partial charge is 0.207 e. The molecule has 2 fully saturated rings. The van der Waals surface area contributed by atoms with E-state index in [1.54, 1.807) is 0 Å². The van der Waals surface area contributed by atoms with Crippen LogP contribution in [0.1, 0.15) is 58.8 Å². The lowest BCUT2D eigenvalue weighted by atomic mass is 9.54. The van der Waals surface area contributed by atoms with Crippen molar-refractivity contribution in [2.24, 2.45) is 17.3 Å². The quantitative estimate of drug-likeness (QED) is 0.631. The van der Waals surface area contributed by atoms with Crippen molar-refractivity contribution in [2.45, 2.75) is 64.7 Å². The van der Waals surface area contributed by atoms with Gasteiger partial charge >= 0.3 is 0 Å². The van der Waals surface area contributed by atoms with Gasteiger partial charge in [0.15, 0.2) is 0 Å². The summed E-state index contributed by atoms with van der Waals surface area (Å²) in [6.45, 7) is 4.50. The zero-order chi connectivity index (χ0) is 11.1. The van der Waals surface area contributed by atoms with E-state index in [0.29, 0.717) is 5.41 Å². The Morgan fingerprint density at radius 2 is 1.60 bits per heavy atom. The Balaban J connectivity index is 1.78. The Hall–Kier alpha value is -0.140. The molecule has 0 aromatic heterocycles. The van der Waals surface area contributed by atoms with E-state index in [2.05, 4.69) is 13.8 Å². The summed E-state index contributed by atoms with van der Waals surface area (Å²) in [6.07, 6.45) is 5.56. The van der Waals surface area contributed by atoms with Gasteiger partial charge in [-0.3, -0.25) is 0 Å². The second-order valence-electron chi connectivity index (χ2n) is 6.26. The highest BCUT2D eigenvalue weighted by Crippen LogP contribution is 2.58. The van der Waals surface area contributed by atoms with Crippen LogP contribution in [0.3, 0.4) is 0 Å². The summed E-state index contributed by atoms with van der Waals surface area (Å²) < 4.78 is 26.0. The van der Waals surface area contributed by atoms with Crippen molar-refractivity contribution in [3.8, 4) is 0 Å². The molecule has 0 nitrogen and oxygen atoms in total. The van der Waals surface area contributed by atoms with E-state index < -0.39 is 5.92 Å². The first-order valence-electron chi connectivity index (χ1n) is 6.29. The van der Waals surface area contributed by atoms with Crippen LogP contribution in [0.25, 0.3) is 0 Å². The van der Waals surface area contributed by atoms with Crippen LogP contribution in [0.2, 0.25) is 0 Å². The topological polar surface area (TPSA) is 0 Å². The van der Waals surface area contributed by atoms with Crippen LogP contribution in [0.4, 0.5) is 8.78 Å². The van der Waals surface area contributed by atoms with Gasteiger partial charge in [0.2, 0.25) is 5.92 Å². The first-order valence-corrected chi connectivity index (χ1v) is 6.29. The monoisotopic (exact) mass is 216 g/mol. The van der Waals surface area contributed by atoms with E-state index in [1.807, 2.05) is 0 Å². The molecule has 2 heteroatoms. The van der Waals surface area contributed by atoms with Crippen molar-refractivity contribution in [1.29, 1.82) is 0 Å². The van der Waals surface area contributed by atoms with Crippen LogP contribution in [0.5, 0.6) is 0 Å². The Morgan fingerprint density at radius 3 is 2.07 bits per heavy atom. The Bertz CT molecular complexity index is 215. The molecular formula is C13H22F2. The molecule has 0 aromatic rings. The van der Waals surface area contributed by atoms with Crippen molar-refractivity contribution in [3.05, 3.63) is 0 Å². The fourth-order valence-corrected chi connectivity index (χ4v) is 3.55. The van der Waals surface area contributed by atoms with E-state index in [0.717, 1.165) is 24.7 Å². The normalized spacial score (nSPS) is 29.4. The predicted molar refractivity (Wildman–Crippen MR) is 58.0 cm³/mol. The molecule has 0 bridgehead atoms. The average molecular weight is 216 g/mol. The SMILES string of the molecule is CC(C)CC1CC2(CCC(F)(F)CC2)C1. The minimum absolute atomic E-state index is 0.140. The third-order valence-electron chi connectivity index (χ3n) is 4.29. The van der Waals surface area contributed by atoms with E-state index in [4.69, 9.17) is 0 Å². The lowest BCUT2D eigenvalue weighted by molar-refractivity contribution is -0.103. The van der Waals surface area contributed by atoms with Gasteiger partial charge in [0.25, 0.3) is 0 Å². The summed E-state index contributed by atoms with van der Waals surface area (Å²) in [7, 11) is 0. The lowest BCUT2D eigenvalue weighted by Gasteiger charge is -2.52. The number of hydrogen-bond acceptors (Lipinski definition) is 0. The van der Waals surface area contributed by atoms with Crippen LogP contribution in [0.15, 0.2) is 0 Å². The summed E-state index contributed by atoms with van der Waals surface area (Å²) in [5.41, 5.74) is 0.335. The summed E-state index contributed by atoms with van der Waals surface area (Å²) in [5, 5.41) is 0. The van der Waals surface area contributed by atoms with Gasteiger partial charge in [-0.15, -0.1) is 0 Å². The minimum atomic E-state index is -2.35. The van der Waals surface area contributed by atoms with Crippen molar-refractivity contribution < 1.29 is 8.78 Å². The second-order valence-corrected chi connectivity index (χ2v) is 6.26. The van der Waals surface area contributed by atoms with Crippen molar-refractivity contribution in [1.82, 2.24) is 0 Å². The fraction of sp³-hybridized carbons (Fsp3) is 1.00. The zero-order valence-electron chi connectivity index (χ0n) is 9.86. The molecule has 15 heavy (non-hydrogen) atoms. The van der Waals surface area contributed by atoms with Gasteiger partial charge in [0, 0.05) is 12.8 Å². The molecule has 0 aromatic carbocycles. The average Bonchev–Trinajstić information content (AvgIpc) is 2.05. The highest BCUT2D eigenvalue weighted by Gasteiger charge is 2.49. The molecule has 2 aliphatic rings. The molecule has 2 rings (SSSR count). The van der Waals surface area contributed by atoms with Crippen LogP contribution in [-0.4, -0.2) is 5.92 Å². The molecular weight excluding hydrogens is 194 g/mol. The van der Waals surface area contributed by atoms with E-state index in [1.165, 1.54) is 19.3 Å². The Kier molecular flexibility index (Phi) is 2.81. The molecule has 0 amide bonds. The standard InChI is InChI=1S/C13H22F2/c1-10(2)7-11-8-12(9-11)3-5-13(14,15)6-4-12/h10-11H,3-9H2,1-2H3. The lowest BCUT2D eigenvalue weighted by Crippen LogP contribution is -2.43. The van der Waals surface area contributed by atoms with Crippen molar-refractivity contribution in [2.75, 3.05) is 0 Å². The van der Waals surface area contributed by atoms with E-state index >= 15 is 0 Å². The molecule has 0 N–H and O–H groups in total. The van der Waals surface area contributed by atoms with Gasteiger partial charge in [-0.2, -0.15) is 0 Å². The number of alkyl halides is 2. The van der Waals surface area contributed by atoms with Crippen molar-refractivity contribution >= 4 is 0 Å². The molecule has 0 aliphatic heterocycles. The van der Waals surface area contributed by atoms with Gasteiger partial charge in [0.05, 0.1) is 0 Å². The van der Waals surface area contributed by atoms with Crippen molar-refractivity contribution in [3.63, 3.8) is 0 Å². The Morgan fingerprint density at radius 1 is 1.07 bits per heavy atom. The number of halogens is 2. The zero-order valence-corrected chi connectivity index (χ0v) is 9.86. The van der Waals surface area contributed by atoms with Gasteiger partial charge in [-0.25, -0.2) is 8.78 Å². The van der Waals surface area contributed by atoms with Crippen LogP contribution in [-0.2, 0) is 0 Å². The highest BCUT2D eigenvalue weighted by atomic mass is 19.3. The van der Waals surface area contributed by atoms with E-state index in [9.17, 15) is 8.78 Å². The van der Waals surface area contributed by atoms with Crippen LogP contribution in [0, 0.1) is 17.3 Å². The second kappa shape index (κ2) is 3.71. The molecule has 1 spiro atoms. The van der Waals surface area contributed by atoms with Gasteiger partial charge in [0.1, 0.15) is 0 Å². The van der Waals surface area contributed by atoms with Gasteiger partial charge < -0.3 is 0 Å². The third-order valence-corrected chi connectivity index (χ3v) is 4.29. The maximum absolute atomic E-state index is 13.0. The first kappa shape index (κ1) is 11.3. The minimum Gasteiger partial charge on any atom is -0.207 e. The first-order chi connectivity index (χ1) is 6.91. The molecule has 2 saturated carbocycles. The van der Waals surface area contributed by atoms with E-state index in [-0.39, 0.29) is 12.8 Å². The molecule has 0 radical (unpaired) electrons. The molecule has 2 aliphatic carbocycles. The number of hydrogen-bond donors (Lipinski definition) is 0. The summed E-state index contributed by atoms with van der Waals surface area (Å²) in [6, 6.07) is 0. The maximum Gasteiger partial charge on any atom is 0.248 e. The predicted octanol–water partition coefficient (Wildman–Crippen LogP) is 4.64. The largest absolute Gasteiger partial charge is 0.248 e. The summed E-state index contributed by atoms with van der Waals surface area (Å²) >= 11 is 0. The molecule has 0 unspecified atom stereocenters. The fourth-order valence-electron chi connectivity index (χ4n) is 3.55. The summed E-state index contributed by atoms with van der Waals surface area (Å²) in [5.74, 6) is -0.761. The molecule has 0 heterocycles. The maximum atomic E-state index is 13.0.